The molecular weight excluding hydrogens is 244 g/mol. The van der Waals surface area contributed by atoms with Crippen LogP contribution in [0, 0.1) is 11.6 Å². The summed E-state index contributed by atoms with van der Waals surface area (Å²) in [6.07, 6.45) is 0. The van der Waals surface area contributed by atoms with E-state index in [0.29, 0.717) is 12.5 Å². The van der Waals surface area contributed by atoms with Crippen LogP contribution in [0.2, 0.25) is 0 Å². The molecule has 0 radical (unpaired) electrons. The van der Waals surface area contributed by atoms with Crippen molar-refractivity contribution in [2.24, 2.45) is 0 Å². The Bertz CT molecular complexity index is 526. The highest BCUT2D eigenvalue weighted by atomic mass is 19.2. The molecule has 100 valence electrons. The van der Waals surface area contributed by atoms with Crippen LogP contribution < -0.4 is 5.32 Å². The van der Waals surface area contributed by atoms with Crippen molar-refractivity contribution in [1.82, 2.24) is 5.32 Å². The third-order valence-corrected chi connectivity index (χ3v) is 3.13. The van der Waals surface area contributed by atoms with Crippen molar-refractivity contribution < 1.29 is 8.78 Å². The molecule has 1 nitrogen and oxygen atoms in total. The summed E-state index contributed by atoms with van der Waals surface area (Å²) in [5.74, 6) is -1.22. The average Bonchev–Trinajstić information content (AvgIpc) is 2.43. The molecule has 0 heterocycles. The van der Waals surface area contributed by atoms with Gasteiger partial charge in [0, 0.05) is 13.1 Å². The highest BCUT2D eigenvalue weighted by Crippen LogP contribution is 2.13. The first-order valence-corrected chi connectivity index (χ1v) is 6.36. The lowest BCUT2D eigenvalue weighted by Gasteiger charge is -2.13. The Morgan fingerprint density at radius 3 is 2.42 bits per heavy atom. The minimum absolute atomic E-state index is 0.381. The van der Waals surface area contributed by atoms with Gasteiger partial charge >= 0.3 is 0 Å². The molecule has 0 aliphatic rings. The first-order valence-electron chi connectivity index (χ1n) is 6.36. The van der Waals surface area contributed by atoms with Crippen LogP contribution in [0.3, 0.4) is 0 Å². The summed E-state index contributed by atoms with van der Waals surface area (Å²) in [4.78, 5) is 0. The Balaban J connectivity index is 1.85. The van der Waals surface area contributed by atoms with E-state index >= 15 is 0 Å². The van der Waals surface area contributed by atoms with Gasteiger partial charge in [-0.25, -0.2) is 8.78 Å². The minimum atomic E-state index is -0.804. The molecule has 0 aliphatic carbocycles. The molecule has 0 saturated carbocycles. The van der Waals surface area contributed by atoms with Crippen LogP contribution in [-0.2, 0) is 6.54 Å². The fourth-order valence-corrected chi connectivity index (χ4v) is 1.98. The molecule has 0 fully saturated rings. The minimum Gasteiger partial charge on any atom is -0.312 e. The summed E-state index contributed by atoms with van der Waals surface area (Å²) in [6.45, 7) is 3.46. The van der Waals surface area contributed by atoms with Crippen LogP contribution in [0.15, 0.2) is 48.5 Å². The maximum Gasteiger partial charge on any atom is 0.159 e. The molecule has 1 N–H and O–H groups in total. The van der Waals surface area contributed by atoms with Gasteiger partial charge in [0.25, 0.3) is 0 Å². The van der Waals surface area contributed by atoms with Crippen molar-refractivity contribution in [2.45, 2.75) is 19.4 Å². The fourth-order valence-electron chi connectivity index (χ4n) is 1.98. The van der Waals surface area contributed by atoms with Gasteiger partial charge in [-0.1, -0.05) is 43.3 Å². The maximum absolute atomic E-state index is 13.0. The molecular formula is C16H17F2N. The summed E-state index contributed by atoms with van der Waals surface area (Å²) in [7, 11) is 0. The molecule has 0 aromatic heterocycles. The Kier molecular flexibility index (Phi) is 4.63. The van der Waals surface area contributed by atoms with Gasteiger partial charge in [0.15, 0.2) is 11.6 Å². The predicted molar refractivity (Wildman–Crippen MR) is 72.9 cm³/mol. The molecule has 2 aromatic carbocycles. The number of hydrogen-bond donors (Lipinski definition) is 1. The molecule has 0 saturated heterocycles. The highest BCUT2D eigenvalue weighted by molar-refractivity contribution is 5.20. The van der Waals surface area contributed by atoms with Crippen molar-refractivity contribution in [1.29, 1.82) is 0 Å². The molecule has 0 amide bonds. The number of hydrogen-bond acceptors (Lipinski definition) is 1. The van der Waals surface area contributed by atoms with E-state index in [9.17, 15) is 8.78 Å². The largest absolute Gasteiger partial charge is 0.312 e. The number of halogens is 2. The van der Waals surface area contributed by atoms with E-state index in [0.717, 1.165) is 18.2 Å². The van der Waals surface area contributed by atoms with Gasteiger partial charge in [0.2, 0.25) is 0 Å². The van der Waals surface area contributed by atoms with E-state index in [1.54, 1.807) is 6.07 Å². The quantitative estimate of drug-likeness (QED) is 0.861. The average molecular weight is 261 g/mol. The summed E-state index contributed by atoms with van der Waals surface area (Å²) >= 11 is 0. The van der Waals surface area contributed by atoms with E-state index in [1.165, 1.54) is 11.6 Å². The smallest absolute Gasteiger partial charge is 0.159 e. The molecule has 19 heavy (non-hydrogen) atoms. The Morgan fingerprint density at radius 1 is 1.00 bits per heavy atom. The van der Waals surface area contributed by atoms with Gasteiger partial charge in [0.05, 0.1) is 0 Å². The van der Waals surface area contributed by atoms with Crippen LogP contribution in [-0.4, -0.2) is 6.54 Å². The van der Waals surface area contributed by atoms with Crippen molar-refractivity contribution >= 4 is 0 Å². The van der Waals surface area contributed by atoms with E-state index in [4.69, 9.17) is 0 Å². The van der Waals surface area contributed by atoms with Crippen LogP contribution in [0.25, 0.3) is 0 Å². The Labute approximate surface area is 112 Å². The van der Waals surface area contributed by atoms with E-state index in [2.05, 4.69) is 24.4 Å². The van der Waals surface area contributed by atoms with E-state index in [1.807, 2.05) is 18.2 Å². The molecule has 2 aromatic rings. The normalized spacial score (nSPS) is 12.4. The predicted octanol–water partition coefficient (Wildman–Crippen LogP) is 3.86. The zero-order valence-corrected chi connectivity index (χ0v) is 10.9. The third-order valence-electron chi connectivity index (χ3n) is 3.13. The van der Waals surface area contributed by atoms with Gasteiger partial charge in [-0.3, -0.25) is 0 Å². The second-order valence-electron chi connectivity index (χ2n) is 4.69. The monoisotopic (exact) mass is 261 g/mol. The standard InChI is InChI=1S/C16H17F2N/c1-12(14-5-3-2-4-6-14)10-19-11-13-7-8-15(17)16(18)9-13/h2-9,12,19H,10-11H2,1H3. The van der Waals surface area contributed by atoms with Gasteiger partial charge in [-0.2, -0.15) is 0 Å². The zero-order valence-electron chi connectivity index (χ0n) is 10.9. The van der Waals surface area contributed by atoms with Crippen molar-refractivity contribution in [3.63, 3.8) is 0 Å². The first kappa shape index (κ1) is 13.7. The Morgan fingerprint density at radius 2 is 1.74 bits per heavy atom. The van der Waals surface area contributed by atoms with Gasteiger partial charge in [0.1, 0.15) is 0 Å². The maximum atomic E-state index is 13.0. The zero-order chi connectivity index (χ0) is 13.7. The van der Waals surface area contributed by atoms with Crippen LogP contribution >= 0.6 is 0 Å². The first-order chi connectivity index (χ1) is 9.16. The Hall–Kier alpha value is -1.74. The molecule has 2 rings (SSSR count). The lowest BCUT2D eigenvalue weighted by Crippen LogP contribution is -2.19. The van der Waals surface area contributed by atoms with Gasteiger partial charge < -0.3 is 5.32 Å². The number of benzene rings is 2. The van der Waals surface area contributed by atoms with Gasteiger partial charge in [-0.05, 0) is 29.2 Å². The number of rotatable bonds is 5. The second kappa shape index (κ2) is 6.43. The lowest BCUT2D eigenvalue weighted by atomic mass is 10.0. The van der Waals surface area contributed by atoms with Crippen molar-refractivity contribution in [3.05, 3.63) is 71.3 Å². The number of nitrogens with one attached hydrogen (secondary N) is 1. The van der Waals surface area contributed by atoms with Crippen LogP contribution in [0.1, 0.15) is 24.0 Å². The van der Waals surface area contributed by atoms with Crippen molar-refractivity contribution in [3.8, 4) is 0 Å². The lowest BCUT2D eigenvalue weighted by molar-refractivity contribution is 0.505. The van der Waals surface area contributed by atoms with E-state index in [-0.39, 0.29) is 0 Å². The van der Waals surface area contributed by atoms with Crippen LogP contribution in [0.5, 0.6) is 0 Å². The van der Waals surface area contributed by atoms with Gasteiger partial charge in [-0.15, -0.1) is 0 Å². The summed E-state index contributed by atoms with van der Waals surface area (Å²) in [6, 6.07) is 14.2. The molecule has 0 aliphatic heterocycles. The molecule has 0 spiro atoms. The van der Waals surface area contributed by atoms with E-state index < -0.39 is 11.6 Å². The molecule has 3 heteroatoms. The van der Waals surface area contributed by atoms with Crippen molar-refractivity contribution in [2.75, 3.05) is 6.54 Å². The second-order valence-corrected chi connectivity index (χ2v) is 4.69. The summed E-state index contributed by atoms with van der Waals surface area (Å²) in [5, 5.41) is 3.26. The summed E-state index contributed by atoms with van der Waals surface area (Å²) in [5.41, 5.74) is 2.01. The van der Waals surface area contributed by atoms with Crippen LogP contribution in [0.4, 0.5) is 8.78 Å². The molecule has 1 unspecified atom stereocenters. The SMILES string of the molecule is CC(CNCc1ccc(F)c(F)c1)c1ccccc1. The fraction of sp³-hybridized carbons (Fsp3) is 0.250. The molecule has 0 bridgehead atoms. The topological polar surface area (TPSA) is 12.0 Å². The molecule has 1 atom stereocenters. The summed E-state index contributed by atoms with van der Waals surface area (Å²) < 4.78 is 25.8. The third kappa shape index (κ3) is 3.86. The highest BCUT2D eigenvalue weighted by Gasteiger charge is 2.05.